The number of nitrogens with zero attached hydrogens (tertiary/aromatic N) is 2. The second kappa shape index (κ2) is 5.11. The number of aromatic nitrogens is 2. The predicted octanol–water partition coefficient (Wildman–Crippen LogP) is 0.862. The van der Waals surface area contributed by atoms with Gasteiger partial charge in [0.25, 0.3) is 0 Å². The molecular weight excluding hydrogens is 248 g/mol. The van der Waals surface area contributed by atoms with Gasteiger partial charge >= 0.3 is 0 Å². The van der Waals surface area contributed by atoms with Gasteiger partial charge in [0.2, 0.25) is 5.95 Å². The lowest BCUT2D eigenvalue weighted by Crippen LogP contribution is -2.16. The third-order valence-electron chi connectivity index (χ3n) is 1.64. The second-order valence-electron chi connectivity index (χ2n) is 3.11. The van der Waals surface area contributed by atoms with Gasteiger partial charge < -0.3 is 16.2 Å². The summed E-state index contributed by atoms with van der Waals surface area (Å²) >= 11 is 3.22. The van der Waals surface area contributed by atoms with Crippen molar-refractivity contribution in [2.24, 2.45) is 5.92 Å². The van der Waals surface area contributed by atoms with Crippen molar-refractivity contribution in [1.29, 1.82) is 0 Å². The van der Waals surface area contributed by atoms with Crippen LogP contribution in [-0.4, -0.2) is 28.2 Å². The molecule has 1 atom stereocenters. The summed E-state index contributed by atoms with van der Waals surface area (Å²) in [5.41, 5.74) is 5.53. The molecule has 4 N–H and O–H groups in total. The zero-order chi connectivity index (χ0) is 10.6. The SMILES string of the molecule is CC(CO)CNc1nc(N)cc(Br)n1. The first-order valence-corrected chi connectivity index (χ1v) is 5.06. The normalized spacial score (nSPS) is 12.5. The van der Waals surface area contributed by atoms with Gasteiger partial charge in [-0.15, -0.1) is 0 Å². The van der Waals surface area contributed by atoms with Crippen molar-refractivity contribution in [1.82, 2.24) is 9.97 Å². The number of aliphatic hydroxyl groups excluding tert-OH is 1. The molecule has 0 spiro atoms. The summed E-state index contributed by atoms with van der Waals surface area (Å²) in [6, 6.07) is 1.63. The Labute approximate surface area is 90.9 Å². The molecular formula is C8H13BrN4O. The Balaban J connectivity index is 2.58. The molecule has 0 bridgehead atoms. The van der Waals surface area contributed by atoms with Gasteiger partial charge in [-0.2, -0.15) is 4.98 Å². The van der Waals surface area contributed by atoms with Crippen LogP contribution in [-0.2, 0) is 0 Å². The first-order valence-electron chi connectivity index (χ1n) is 4.26. The maximum Gasteiger partial charge on any atom is 0.225 e. The van der Waals surface area contributed by atoms with Crippen molar-refractivity contribution in [2.45, 2.75) is 6.92 Å². The first kappa shape index (κ1) is 11.2. The average Bonchev–Trinajstić information content (AvgIpc) is 2.12. The fraction of sp³-hybridized carbons (Fsp3) is 0.500. The number of nitrogens with one attached hydrogen (secondary N) is 1. The van der Waals surface area contributed by atoms with E-state index in [1.165, 1.54) is 0 Å². The highest BCUT2D eigenvalue weighted by Crippen LogP contribution is 2.12. The quantitative estimate of drug-likeness (QED) is 0.700. The van der Waals surface area contributed by atoms with Crippen LogP contribution in [0, 0.1) is 5.92 Å². The fourth-order valence-corrected chi connectivity index (χ4v) is 1.25. The van der Waals surface area contributed by atoms with Crippen LogP contribution in [0.5, 0.6) is 0 Å². The number of nitrogen functional groups attached to an aromatic ring is 1. The van der Waals surface area contributed by atoms with Gasteiger partial charge in [-0.1, -0.05) is 6.92 Å². The van der Waals surface area contributed by atoms with Crippen LogP contribution in [0.15, 0.2) is 10.7 Å². The molecule has 0 fully saturated rings. The van der Waals surface area contributed by atoms with Gasteiger partial charge in [-0.3, -0.25) is 0 Å². The molecule has 1 aromatic heterocycles. The number of halogens is 1. The van der Waals surface area contributed by atoms with Crippen LogP contribution >= 0.6 is 15.9 Å². The lowest BCUT2D eigenvalue weighted by molar-refractivity contribution is 0.244. The second-order valence-corrected chi connectivity index (χ2v) is 3.92. The molecule has 0 amide bonds. The van der Waals surface area contributed by atoms with E-state index in [-0.39, 0.29) is 12.5 Å². The summed E-state index contributed by atoms with van der Waals surface area (Å²) in [5.74, 6) is 1.04. The Kier molecular flexibility index (Phi) is 4.09. The Morgan fingerprint density at radius 1 is 1.64 bits per heavy atom. The van der Waals surface area contributed by atoms with E-state index in [1.54, 1.807) is 6.07 Å². The highest BCUT2D eigenvalue weighted by Gasteiger charge is 2.03. The van der Waals surface area contributed by atoms with Gasteiger partial charge in [0, 0.05) is 19.2 Å². The summed E-state index contributed by atoms with van der Waals surface area (Å²) in [6.07, 6.45) is 0. The number of rotatable bonds is 4. The number of hydrogen-bond acceptors (Lipinski definition) is 5. The molecule has 0 saturated carbocycles. The summed E-state index contributed by atoms with van der Waals surface area (Å²) < 4.78 is 0.643. The van der Waals surface area contributed by atoms with Crippen LogP contribution in [0.4, 0.5) is 11.8 Å². The zero-order valence-electron chi connectivity index (χ0n) is 7.87. The van der Waals surface area contributed by atoms with Crippen molar-refractivity contribution in [3.8, 4) is 0 Å². The van der Waals surface area contributed by atoms with Gasteiger partial charge in [0.15, 0.2) is 0 Å². The summed E-state index contributed by atoms with van der Waals surface area (Å²) in [7, 11) is 0. The lowest BCUT2D eigenvalue weighted by atomic mass is 10.2. The van der Waals surface area contributed by atoms with Crippen LogP contribution < -0.4 is 11.1 Å². The molecule has 0 radical (unpaired) electrons. The van der Waals surface area contributed by atoms with Crippen LogP contribution in [0.2, 0.25) is 0 Å². The Hall–Kier alpha value is -0.880. The molecule has 0 aliphatic carbocycles. The molecule has 14 heavy (non-hydrogen) atoms. The number of anilines is 2. The number of nitrogens with two attached hydrogens (primary N) is 1. The maximum absolute atomic E-state index is 8.81. The third kappa shape index (κ3) is 3.47. The highest BCUT2D eigenvalue weighted by molar-refractivity contribution is 9.10. The van der Waals surface area contributed by atoms with E-state index in [1.807, 2.05) is 6.92 Å². The Morgan fingerprint density at radius 3 is 2.93 bits per heavy atom. The summed E-state index contributed by atoms with van der Waals surface area (Å²) in [5, 5.41) is 11.8. The topological polar surface area (TPSA) is 84.1 Å². The Bertz CT molecular complexity index is 287. The molecule has 5 nitrogen and oxygen atoms in total. The van der Waals surface area contributed by atoms with Crippen molar-refractivity contribution < 1.29 is 5.11 Å². The molecule has 78 valence electrons. The van der Waals surface area contributed by atoms with E-state index < -0.39 is 0 Å². The fourth-order valence-electron chi connectivity index (χ4n) is 0.844. The van der Waals surface area contributed by atoms with E-state index in [9.17, 15) is 0 Å². The van der Waals surface area contributed by atoms with Gasteiger partial charge in [-0.25, -0.2) is 4.98 Å². The smallest absolute Gasteiger partial charge is 0.225 e. The summed E-state index contributed by atoms with van der Waals surface area (Å²) in [4.78, 5) is 8.06. The first-order chi connectivity index (χ1) is 6.61. The molecule has 6 heteroatoms. The minimum absolute atomic E-state index is 0.135. The molecule has 1 aromatic rings. The molecule has 1 rings (SSSR count). The van der Waals surface area contributed by atoms with E-state index >= 15 is 0 Å². The predicted molar refractivity (Wildman–Crippen MR) is 58.9 cm³/mol. The van der Waals surface area contributed by atoms with E-state index in [2.05, 4.69) is 31.2 Å². The van der Waals surface area contributed by atoms with E-state index in [4.69, 9.17) is 10.8 Å². The third-order valence-corrected chi connectivity index (χ3v) is 2.04. The summed E-state index contributed by atoms with van der Waals surface area (Å²) in [6.45, 7) is 2.68. The standard InChI is InChI=1S/C8H13BrN4O/c1-5(4-14)3-11-8-12-6(9)2-7(10)13-8/h2,5,14H,3-4H2,1H3,(H3,10,11,12,13). The van der Waals surface area contributed by atoms with Crippen molar-refractivity contribution in [3.63, 3.8) is 0 Å². The number of hydrogen-bond donors (Lipinski definition) is 3. The van der Waals surface area contributed by atoms with Crippen molar-refractivity contribution >= 4 is 27.7 Å². The van der Waals surface area contributed by atoms with Crippen LogP contribution in [0.25, 0.3) is 0 Å². The maximum atomic E-state index is 8.81. The lowest BCUT2D eigenvalue weighted by Gasteiger charge is -2.09. The monoisotopic (exact) mass is 260 g/mol. The molecule has 1 heterocycles. The van der Waals surface area contributed by atoms with E-state index in [0.717, 1.165) is 0 Å². The molecule has 0 saturated heterocycles. The van der Waals surface area contributed by atoms with Crippen molar-refractivity contribution in [2.75, 3.05) is 24.2 Å². The molecule has 0 aliphatic rings. The van der Waals surface area contributed by atoms with Gasteiger partial charge in [-0.05, 0) is 21.8 Å². The van der Waals surface area contributed by atoms with Gasteiger partial charge in [0.05, 0.1) is 0 Å². The van der Waals surface area contributed by atoms with Crippen molar-refractivity contribution in [3.05, 3.63) is 10.7 Å². The molecule has 0 aromatic carbocycles. The zero-order valence-corrected chi connectivity index (χ0v) is 9.45. The number of aliphatic hydroxyl groups is 1. The van der Waals surface area contributed by atoms with Crippen LogP contribution in [0.3, 0.4) is 0 Å². The van der Waals surface area contributed by atoms with Gasteiger partial charge in [0.1, 0.15) is 10.4 Å². The minimum Gasteiger partial charge on any atom is -0.396 e. The minimum atomic E-state index is 0.135. The Morgan fingerprint density at radius 2 is 2.36 bits per heavy atom. The largest absolute Gasteiger partial charge is 0.396 e. The average molecular weight is 261 g/mol. The molecule has 1 unspecified atom stereocenters. The highest BCUT2D eigenvalue weighted by atomic mass is 79.9. The van der Waals surface area contributed by atoms with Crippen LogP contribution in [0.1, 0.15) is 6.92 Å². The molecule has 0 aliphatic heterocycles. The van der Waals surface area contributed by atoms with E-state index in [0.29, 0.717) is 22.9 Å².